The molecule has 3 rings (SSSR count). The van der Waals surface area contributed by atoms with Gasteiger partial charge in [0.1, 0.15) is 0 Å². The molecule has 0 aromatic heterocycles. The minimum absolute atomic E-state index is 0.0499. The van der Waals surface area contributed by atoms with E-state index in [2.05, 4.69) is 35.7 Å². The Kier molecular flexibility index (Phi) is 12.5. The van der Waals surface area contributed by atoms with Gasteiger partial charge < -0.3 is 9.47 Å². The predicted octanol–water partition coefficient (Wildman–Crippen LogP) is 5.66. The smallest absolute Gasteiger partial charge is 0.393 e. The van der Waals surface area contributed by atoms with E-state index in [0.29, 0.717) is 19.4 Å². The van der Waals surface area contributed by atoms with Crippen LogP contribution in [0.1, 0.15) is 77.0 Å². The Morgan fingerprint density at radius 3 is 2.29 bits per heavy atom. The number of ether oxygens (including phenoxy) is 2. The molecule has 0 aromatic rings. The third-order valence-corrected chi connectivity index (χ3v) is 7.81. The average molecular weight is 537 g/mol. The number of carbonyl (C=O) groups is 1. The van der Waals surface area contributed by atoms with Crippen molar-refractivity contribution in [1.29, 1.82) is 0 Å². The number of alkyl halides is 3. The molecule has 0 spiro atoms. The van der Waals surface area contributed by atoms with Crippen molar-refractivity contribution in [3.8, 4) is 23.7 Å². The molecule has 3 aliphatic rings. The van der Waals surface area contributed by atoms with Crippen LogP contribution in [0.5, 0.6) is 0 Å². The van der Waals surface area contributed by atoms with Crippen LogP contribution in [0.4, 0.5) is 13.2 Å². The molecule has 3 fully saturated rings. The van der Waals surface area contributed by atoms with Gasteiger partial charge in [-0.3, -0.25) is 0 Å². The molecule has 1 heterocycles. The molecule has 4 unspecified atom stereocenters. The molecular weight excluding hydrogens is 493 g/mol. The summed E-state index contributed by atoms with van der Waals surface area (Å²) >= 11 is 0. The maximum absolute atomic E-state index is 13.8. The van der Waals surface area contributed by atoms with E-state index >= 15 is 0 Å². The molecular formula is C30H43F3N2O3. The van der Waals surface area contributed by atoms with Crippen molar-refractivity contribution in [2.45, 2.75) is 95.4 Å². The van der Waals surface area contributed by atoms with E-state index in [0.717, 1.165) is 70.9 Å². The van der Waals surface area contributed by atoms with Crippen LogP contribution in [-0.2, 0) is 14.3 Å². The number of unbranched alkanes of at least 4 members (excludes halogenated alkanes) is 3. The predicted molar refractivity (Wildman–Crippen MR) is 141 cm³/mol. The third kappa shape index (κ3) is 10.6. The van der Waals surface area contributed by atoms with Crippen molar-refractivity contribution < 1.29 is 27.4 Å². The number of nitrogens with one attached hydrogen (secondary N) is 1. The zero-order valence-electron chi connectivity index (χ0n) is 22.7. The number of rotatable bonds is 9. The molecule has 1 aliphatic heterocycles. The minimum Gasteiger partial charge on any atom is -0.463 e. The first-order valence-corrected chi connectivity index (χ1v) is 14.2. The number of nitrogens with zero attached hydrogens (tertiary/aromatic N) is 1. The molecule has 1 saturated heterocycles. The van der Waals surface area contributed by atoms with Gasteiger partial charge in [-0.2, -0.15) is 13.2 Å². The second-order valence-corrected chi connectivity index (χ2v) is 10.9. The van der Waals surface area contributed by atoms with Gasteiger partial charge in [0.25, 0.3) is 0 Å². The third-order valence-electron chi connectivity index (χ3n) is 7.81. The lowest BCUT2D eigenvalue weighted by Crippen LogP contribution is -2.35. The highest BCUT2D eigenvalue weighted by atomic mass is 19.4. The van der Waals surface area contributed by atoms with Gasteiger partial charge >= 0.3 is 12.1 Å². The van der Waals surface area contributed by atoms with E-state index in [1.54, 1.807) is 0 Å². The van der Waals surface area contributed by atoms with Crippen molar-refractivity contribution in [3.05, 3.63) is 12.7 Å². The average Bonchev–Trinajstić information content (AvgIpc) is 3.32. The molecule has 0 amide bonds. The highest BCUT2D eigenvalue weighted by Crippen LogP contribution is 2.43. The summed E-state index contributed by atoms with van der Waals surface area (Å²) in [5.41, 5.74) is 3.17. The fraction of sp³-hybridized carbons (Fsp3) is 0.767. The van der Waals surface area contributed by atoms with Gasteiger partial charge in [-0.1, -0.05) is 36.7 Å². The van der Waals surface area contributed by atoms with Crippen LogP contribution in [0.15, 0.2) is 12.7 Å². The van der Waals surface area contributed by atoms with Crippen LogP contribution in [-0.4, -0.2) is 56.1 Å². The second-order valence-electron chi connectivity index (χ2n) is 10.9. The van der Waals surface area contributed by atoms with Gasteiger partial charge in [0.2, 0.25) is 0 Å². The highest BCUT2D eigenvalue weighted by molar-refractivity contribution is 5.81. The lowest BCUT2D eigenvalue weighted by Gasteiger charge is -2.33. The molecule has 2 saturated carbocycles. The van der Waals surface area contributed by atoms with Gasteiger partial charge in [0.15, 0.2) is 0 Å². The lowest BCUT2D eigenvalue weighted by atomic mass is 9.73. The number of hydrogen-bond acceptors (Lipinski definition) is 5. The van der Waals surface area contributed by atoms with Crippen LogP contribution >= 0.6 is 0 Å². The Balaban J connectivity index is 1.33. The fourth-order valence-electron chi connectivity index (χ4n) is 5.52. The largest absolute Gasteiger partial charge is 0.463 e. The van der Waals surface area contributed by atoms with E-state index in [1.165, 1.54) is 6.08 Å². The molecule has 2 aliphatic carbocycles. The van der Waals surface area contributed by atoms with Crippen LogP contribution in [0.25, 0.3) is 0 Å². The van der Waals surface area contributed by atoms with E-state index in [-0.39, 0.29) is 36.4 Å². The van der Waals surface area contributed by atoms with E-state index in [9.17, 15) is 18.0 Å². The summed E-state index contributed by atoms with van der Waals surface area (Å²) in [6.45, 7) is 5.38. The molecule has 8 heteroatoms. The van der Waals surface area contributed by atoms with Crippen molar-refractivity contribution in [2.75, 3.05) is 26.8 Å². The summed E-state index contributed by atoms with van der Waals surface area (Å²) in [5.74, 6) is 10.2. The van der Waals surface area contributed by atoms with Gasteiger partial charge in [0, 0.05) is 44.0 Å². The molecule has 0 bridgehead atoms. The number of hydrogen-bond donors (Lipinski definition) is 1. The molecule has 212 valence electrons. The quantitative estimate of drug-likeness (QED) is 0.178. The standard InChI is InChI=1S/C30H43F3N2O3/c1-3-29(36)38-21-7-5-4-6-20-37-27-16-11-23(12-17-27)8-9-24-10-13-25(28(22-24)30(31,32)33)14-15-26-18-19-35(2)34-26/h3,23-28,34H,1,4-7,10-13,16-22H2,2H3. The van der Waals surface area contributed by atoms with Gasteiger partial charge in [-0.15, -0.1) is 0 Å². The number of halogens is 3. The zero-order valence-corrected chi connectivity index (χ0v) is 22.7. The number of hydrazine groups is 1. The Labute approximate surface area is 226 Å². The SMILES string of the molecule is C=CC(=O)OCCCCCCOC1CCC(C#CC2CCC(C#CC3CCN(C)N3)C(C(F)(F)F)C2)CC1. The summed E-state index contributed by atoms with van der Waals surface area (Å²) < 4.78 is 52.5. The lowest BCUT2D eigenvalue weighted by molar-refractivity contribution is -0.192. The second kappa shape index (κ2) is 15.6. The summed E-state index contributed by atoms with van der Waals surface area (Å²) in [7, 11) is 1.92. The number of carbonyl (C=O) groups excluding carboxylic acids is 1. The summed E-state index contributed by atoms with van der Waals surface area (Å²) in [6, 6.07) is -0.0499. The van der Waals surface area contributed by atoms with Crippen LogP contribution in [0.3, 0.4) is 0 Å². The van der Waals surface area contributed by atoms with Gasteiger partial charge in [-0.25, -0.2) is 15.2 Å². The van der Waals surface area contributed by atoms with Crippen molar-refractivity contribution in [2.24, 2.45) is 23.7 Å². The van der Waals surface area contributed by atoms with E-state index in [4.69, 9.17) is 9.47 Å². The topological polar surface area (TPSA) is 50.8 Å². The van der Waals surface area contributed by atoms with Crippen molar-refractivity contribution in [1.82, 2.24) is 10.4 Å². The van der Waals surface area contributed by atoms with Crippen molar-refractivity contribution >= 4 is 5.97 Å². The Morgan fingerprint density at radius 2 is 1.63 bits per heavy atom. The maximum atomic E-state index is 13.8. The molecule has 0 radical (unpaired) electrons. The van der Waals surface area contributed by atoms with Crippen LogP contribution in [0.2, 0.25) is 0 Å². The summed E-state index contributed by atoms with van der Waals surface area (Å²) in [6.07, 6.45) is 6.87. The molecule has 38 heavy (non-hydrogen) atoms. The molecule has 5 nitrogen and oxygen atoms in total. The van der Waals surface area contributed by atoms with Crippen molar-refractivity contribution in [3.63, 3.8) is 0 Å². The molecule has 0 aromatic carbocycles. The molecule has 1 N–H and O–H groups in total. The normalized spacial score (nSPS) is 30.0. The van der Waals surface area contributed by atoms with Gasteiger partial charge in [0.05, 0.1) is 24.7 Å². The highest BCUT2D eigenvalue weighted by Gasteiger charge is 2.47. The first-order valence-electron chi connectivity index (χ1n) is 14.2. The Bertz CT molecular complexity index is 877. The molecule has 4 atom stereocenters. The summed E-state index contributed by atoms with van der Waals surface area (Å²) in [5, 5.41) is 1.93. The first-order chi connectivity index (χ1) is 18.2. The number of esters is 1. The van der Waals surface area contributed by atoms with E-state index < -0.39 is 18.0 Å². The van der Waals surface area contributed by atoms with E-state index in [1.807, 2.05) is 12.1 Å². The Hall–Kier alpha value is -2.00. The zero-order chi connectivity index (χ0) is 27.4. The summed E-state index contributed by atoms with van der Waals surface area (Å²) in [4.78, 5) is 11.0. The van der Waals surface area contributed by atoms with Crippen LogP contribution < -0.4 is 5.43 Å². The maximum Gasteiger partial charge on any atom is 0.393 e. The Morgan fingerprint density at radius 1 is 0.947 bits per heavy atom. The monoisotopic (exact) mass is 536 g/mol. The minimum atomic E-state index is -4.24. The van der Waals surface area contributed by atoms with Gasteiger partial charge in [-0.05, 0) is 70.6 Å². The van der Waals surface area contributed by atoms with Crippen LogP contribution in [0, 0.1) is 47.4 Å². The first kappa shape index (κ1) is 30.5. The fourth-order valence-corrected chi connectivity index (χ4v) is 5.52.